The van der Waals surface area contributed by atoms with Crippen LogP contribution in [0.15, 0.2) is 24.3 Å². The number of benzene rings is 1. The van der Waals surface area contributed by atoms with Crippen molar-refractivity contribution in [1.29, 1.82) is 5.26 Å². The van der Waals surface area contributed by atoms with E-state index in [1.54, 1.807) is 7.11 Å². The van der Waals surface area contributed by atoms with Crippen LogP contribution in [0.1, 0.15) is 16.8 Å². The fraction of sp³-hybridized carbons (Fsp3) is 0.450. The Bertz CT molecular complexity index is 808. The number of piperazine rings is 1. The van der Waals surface area contributed by atoms with E-state index < -0.39 is 0 Å². The summed E-state index contributed by atoms with van der Waals surface area (Å²) in [4.78, 5) is 4.51. The van der Waals surface area contributed by atoms with Crippen LogP contribution in [0.4, 0.5) is 5.82 Å². The van der Waals surface area contributed by atoms with Crippen molar-refractivity contribution in [2.75, 3.05) is 51.3 Å². The predicted molar refractivity (Wildman–Crippen MR) is 103 cm³/mol. The molecule has 0 radical (unpaired) electrons. The minimum atomic E-state index is 0.638. The highest BCUT2D eigenvalue weighted by Gasteiger charge is 2.22. The Kier molecular flexibility index (Phi) is 6.09. The van der Waals surface area contributed by atoms with E-state index in [0.717, 1.165) is 55.5 Å². The number of methoxy groups -OCH3 is 1. The lowest BCUT2D eigenvalue weighted by Gasteiger charge is -2.35. The summed E-state index contributed by atoms with van der Waals surface area (Å²) in [5, 5.41) is 18.0. The topological polar surface area (TPSA) is 74.5 Å². The molecule has 2 heterocycles. The first-order valence-electron chi connectivity index (χ1n) is 9.10. The van der Waals surface area contributed by atoms with Gasteiger partial charge in [-0.2, -0.15) is 10.4 Å². The first kappa shape index (κ1) is 18.9. The second-order valence-electron chi connectivity index (χ2n) is 6.57. The van der Waals surface area contributed by atoms with Gasteiger partial charge < -0.3 is 14.4 Å². The molecule has 1 fully saturated rings. The average Bonchev–Trinajstić information content (AvgIpc) is 2.71. The van der Waals surface area contributed by atoms with Crippen LogP contribution < -0.4 is 14.4 Å². The number of anilines is 1. The number of rotatable bonds is 6. The first-order valence-corrected chi connectivity index (χ1v) is 9.10. The van der Waals surface area contributed by atoms with Gasteiger partial charge in [0.25, 0.3) is 0 Å². The van der Waals surface area contributed by atoms with Gasteiger partial charge >= 0.3 is 0 Å². The van der Waals surface area contributed by atoms with Crippen LogP contribution in [0.3, 0.4) is 0 Å². The summed E-state index contributed by atoms with van der Waals surface area (Å²) in [6.45, 7) is 8.79. The Labute approximate surface area is 160 Å². The molecule has 1 aliphatic heterocycles. The highest BCUT2D eigenvalue weighted by Crippen LogP contribution is 2.22. The van der Waals surface area contributed by atoms with Crippen LogP contribution in [-0.2, 0) is 0 Å². The van der Waals surface area contributed by atoms with Gasteiger partial charge in [-0.15, -0.1) is 5.10 Å². The van der Waals surface area contributed by atoms with Crippen molar-refractivity contribution < 1.29 is 9.47 Å². The van der Waals surface area contributed by atoms with Crippen molar-refractivity contribution in [3.05, 3.63) is 41.1 Å². The Hall–Kier alpha value is -2.85. The van der Waals surface area contributed by atoms with Crippen LogP contribution in [0.25, 0.3) is 0 Å². The van der Waals surface area contributed by atoms with E-state index in [1.165, 1.54) is 0 Å². The smallest absolute Gasteiger partial charge is 0.169 e. The number of ether oxygens (including phenoxy) is 2. The number of hydrogen-bond acceptors (Lipinski definition) is 7. The Balaban J connectivity index is 1.49. The standard InChI is InChI=1S/C20H25N5O2/c1-15-16(2)22-23-20(19(15)14-21)25-10-8-24(9-11-25)12-13-27-18-6-4-17(26-3)5-7-18/h4-7H,8-13H2,1-3H3. The average molecular weight is 367 g/mol. The van der Waals surface area contributed by atoms with E-state index in [4.69, 9.17) is 9.47 Å². The Morgan fingerprint density at radius 2 is 1.70 bits per heavy atom. The molecule has 7 nitrogen and oxygen atoms in total. The van der Waals surface area contributed by atoms with Gasteiger partial charge in [-0.25, -0.2) is 0 Å². The van der Waals surface area contributed by atoms with E-state index in [-0.39, 0.29) is 0 Å². The van der Waals surface area contributed by atoms with Gasteiger partial charge in [-0.1, -0.05) is 0 Å². The minimum Gasteiger partial charge on any atom is -0.497 e. The van der Waals surface area contributed by atoms with Crippen molar-refractivity contribution in [2.24, 2.45) is 0 Å². The molecule has 0 bridgehead atoms. The van der Waals surface area contributed by atoms with E-state index in [2.05, 4.69) is 26.1 Å². The molecule has 2 aromatic rings. The van der Waals surface area contributed by atoms with Gasteiger partial charge in [-0.05, 0) is 43.7 Å². The molecule has 0 N–H and O–H groups in total. The summed E-state index contributed by atoms with van der Waals surface area (Å²) >= 11 is 0. The highest BCUT2D eigenvalue weighted by molar-refractivity contribution is 5.57. The SMILES string of the molecule is COc1ccc(OCCN2CCN(c3nnc(C)c(C)c3C#N)CC2)cc1. The maximum atomic E-state index is 9.48. The maximum absolute atomic E-state index is 9.48. The predicted octanol–water partition coefficient (Wildman–Crippen LogP) is 2.17. The molecule has 27 heavy (non-hydrogen) atoms. The van der Waals surface area contributed by atoms with Crippen molar-refractivity contribution in [3.63, 3.8) is 0 Å². The van der Waals surface area contributed by atoms with Crippen molar-refractivity contribution in [2.45, 2.75) is 13.8 Å². The van der Waals surface area contributed by atoms with Gasteiger partial charge in [0.05, 0.1) is 12.8 Å². The van der Waals surface area contributed by atoms with Crippen LogP contribution in [-0.4, -0.2) is 61.5 Å². The zero-order chi connectivity index (χ0) is 19.2. The van der Waals surface area contributed by atoms with Crippen LogP contribution >= 0.6 is 0 Å². The van der Waals surface area contributed by atoms with E-state index in [9.17, 15) is 5.26 Å². The molecule has 0 saturated carbocycles. The number of hydrogen-bond donors (Lipinski definition) is 0. The number of nitrogens with zero attached hydrogens (tertiary/aromatic N) is 5. The number of aryl methyl sites for hydroxylation is 1. The third-order valence-corrected chi connectivity index (χ3v) is 4.96. The number of nitriles is 1. The molecule has 0 atom stereocenters. The largest absolute Gasteiger partial charge is 0.497 e. The monoisotopic (exact) mass is 367 g/mol. The van der Waals surface area contributed by atoms with Gasteiger partial charge in [0.1, 0.15) is 29.7 Å². The quantitative estimate of drug-likeness (QED) is 0.774. The molecular weight excluding hydrogens is 342 g/mol. The second-order valence-corrected chi connectivity index (χ2v) is 6.57. The van der Waals surface area contributed by atoms with Crippen LogP contribution in [0, 0.1) is 25.2 Å². The third-order valence-electron chi connectivity index (χ3n) is 4.96. The fourth-order valence-electron chi connectivity index (χ4n) is 3.10. The first-order chi connectivity index (χ1) is 13.1. The van der Waals surface area contributed by atoms with E-state index in [0.29, 0.717) is 18.0 Å². The van der Waals surface area contributed by atoms with E-state index in [1.807, 2.05) is 38.1 Å². The lowest BCUT2D eigenvalue weighted by molar-refractivity contribution is 0.200. The third kappa shape index (κ3) is 4.47. The lowest BCUT2D eigenvalue weighted by Crippen LogP contribution is -2.48. The van der Waals surface area contributed by atoms with Gasteiger partial charge in [0.2, 0.25) is 0 Å². The molecule has 1 aromatic heterocycles. The minimum absolute atomic E-state index is 0.638. The van der Waals surface area contributed by atoms with Crippen molar-refractivity contribution in [1.82, 2.24) is 15.1 Å². The van der Waals surface area contributed by atoms with Gasteiger partial charge in [0.15, 0.2) is 5.82 Å². The lowest BCUT2D eigenvalue weighted by atomic mass is 10.1. The second kappa shape index (κ2) is 8.69. The zero-order valence-electron chi connectivity index (χ0n) is 16.1. The molecule has 1 aliphatic rings. The molecule has 0 spiro atoms. The Morgan fingerprint density at radius 1 is 1.04 bits per heavy atom. The molecular formula is C20H25N5O2. The fourth-order valence-corrected chi connectivity index (χ4v) is 3.10. The van der Waals surface area contributed by atoms with Crippen molar-refractivity contribution in [3.8, 4) is 17.6 Å². The maximum Gasteiger partial charge on any atom is 0.169 e. The highest BCUT2D eigenvalue weighted by atomic mass is 16.5. The van der Waals surface area contributed by atoms with Gasteiger partial charge in [0, 0.05) is 32.7 Å². The summed E-state index contributed by atoms with van der Waals surface area (Å²) in [6.07, 6.45) is 0. The molecule has 0 unspecified atom stereocenters. The summed E-state index contributed by atoms with van der Waals surface area (Å²) in [7, 11) is 1.65. The van der Waals surface area contributed by atoms with Gasteiger partial charge in [-0.3, -0.25) is 4.90 Å². The molecule has 142 valence electrons. The normalized spacial score (nSPS) is 14.7. The zero-order valence-corrected chi connectivity index (χ0v) is 16.1. The molecule has 0 amide bonds. The van der Waals surface area contributed by atoms with Crippen LogP contribution in [0.2, 0.25) is 0 Å². The molecule has 3 rings (SSSR count). The number of aromatic nitrogens is 2. The summed E-state index contributed by atoms with van der Waals surface area (Å²) in [6, 6.07) is 9.91. The van der Waals surface area contributed by atoms with Crippen LogP contribution in [0.5, 0.6) is 11.5 Å². The molecule has 7 heteroatoms. The van der Waals surface area contributed by atoms with Crippen molar-refractivity contribution >= 4 is 5.82 Å². The summed E-state index contributed by atoms with van der Waals surface area (Å²) < 4.78 is 11.0. The molecule has 0 aliphatic carbocycles. The molecule has 1 aromatic carbocycles. The van der Waals surface area contributed by atoms with E-state index >= 15 is 0 Å². The summed E-state index contributed by atoms with van der Waals surface area (Å²) in [5.74, 6) is 2.37. The Morgan fingerprint density at radius 3 is 2.33 bits per heavy atom. The summed E-state index contributed by atoms with van der Waals surface area (Å²) in [5.41, 5.74) is 2.36. The molecule has 1 saturated heterocycles.